The molecular weight excluding hydrogens is 309 g/mol. The van der Waals surface area contributed by atoms with E-state index in [0.717, 1.165) is 6.92 Å². The van der Waals surface area contributed by atoms with Gasteiger partial charge in [0.25, 0.3) is 5.91 Å². The van der Waals surface area contributed by atoms with Crippen molar-refractivity contribution in [1.82, 2.24) is 5.32 Å². The standard InChI is InChI=1S/C13H14ClF3N2O2/c1-8(13(15,16)17)19-11-4-3-9(7-10(11)14)12(21)18-5-2-6-20/h3-4,7,20H,2,5-6H2,1H3,(H,18,21)/b19-8+. The number of hydrogen-bond acceptors (Lipinski definition) is 3. The minimum absolute atomic E-state index is 0.0478. The first-order chi connectivity index (χ1) is 9.75. The molecule has 4 nitrogen and oxygen atoms in total. The van der Waals surface area contributed by atoms with E-state index in [1.165, 1.54) is 18.2 Å². The Bertz CT molecular complexity index is 545. The number of aliphatic hydroxyl groups excluding tert-OH is 1. The number of rotatable bonds is 5. The molecule has 0 radical (unpaired) electrons. The van der Waals surface area contributed by atoms with Crippen LogP contribution in [-0.2, 0) is 0 Å². The van der Waals surface area contributed by atoms with Crippen LogP contribution in [0.1, 0.15) is 23.7 Å². The molecule has 0 aliphatic rings. The predicted molar refractivity (Wildman–Crippen MR) is 74.3 cm³/mol. The van der Waals surface area contributed by atoms with Crippen LogP contribution >= 0.6 is 11.6 Å². The average molecular weight is 323 g/mol. The number of aliphatic imine (C=N–C) groups is 1. The fourth-order valence-electron chi connectivity index (χ4n) is 1.37. The Morgan fingerprint density at radius 1 is 1.43 bits per heavy atom. The highest BCUT2D eigenvalue weighted by Gasteiger charge is 2.32. The second-order valence-corrected chi connectivity index (χ2v) is 4.60. The summed E-state index contributed by atoms with van der Waals surface area (Å²) in [6.45, 7) is 1.08. The van der Waals surface area contributed by atoms with Crippen molar-refractivity contribution in [2.75, 3.05) is 13.2 Å². The van der Waals surface area contributed by atoms with Gasteiger partial charge in [0.2, 0.25) is 0 Å². The van der Waals surface area contributed by atoms with Crippen molar-refractivity contribution in [3.05, 3.63) is 28.8 Å². The molecule has 0 saturated carbocycles. The molecule has 21 heavy (non-hydrogen) atoms. The van der Waals surface area contributed by atoms with E-state index in [9.17, 15) is 18.0 Å². The highest BCUT2D eigenvalue weighted by atomic mass is 35.5. The molecule has 1 amide bonds. The average Bonchev–Trinajstić information content (AvgIpc) is 2.40. The van der Waals surface area contributed by atoms with Crippen molar-refractivity contribution in [2.45, 2.75) is 19.5 Å². The van der Waals surface area contributed by atoms with Gasteiger partial charge in [-0.15, -0.1) is 0 Å². The predicted octanol–water partition coefficient (Wildman–Crippen LogP) is 3.11. The molecule has 1 rings (SSSR count). The zero-order valence-electron chi connectivity index (χ0n) is 11.2. The van der Waals surface area contributed by atoms with Gasteiger partial charge in [-0.2, -0.15) is 13.2 Å². The van der Waals surface area contributed by atoms with Crippen LogP contribution in [0.2, 0.25) is 5.02 Å². The Hall–Kier alpha value is -1.60. The summed E-state index contributed by atoms with van der Waals surface area (Å²) in [5, 5.41) is 11.1. The third-order valence-corrected chi connectivity index (χ3v) is 2.83. The molecule has 0 aromatic heterocycles. The van der Waals surface area contributed by atoms with Crippen LogP contribution in [-0.4, -0.2) is 36.1 Å². The first-order valence-corrected chi connectivity index (χ1v) is 6.44. The molecule has 0 heterocycles. The van der Waals surface area contributed by atoms with E-state index in [4.69, 9.17) is 16.7 Å². The van der Waals surface area contributed by atoms with Crippen molar-refractivity contribution >= 4 is 28.9 Å². The lowest BCUT2D eigenvalue weighted by molar-refractivity contribution is -0.0591. The van der Waals surface area contributed by atoms with E-state index < -0.39 is 17.8 Å². The Morgan fingerprint density at radius 2 is 2.10 bits per heavy atom. The van der Waals surface area contributed by atoms with Gasteiger partial charge in [0, 0.05) is 18.7 Å². The Balaban J connectivity index is 2.88. The van der Waals surface area contributed by atoms with Crippen LogP contribution in [0, 0.1) is 0 Å². The smallest absolute Gasteiger partial charge is 0.396 e. The van der Waals surface area contributed by atoms with Crippen molar-refractivity contribution in [1.29, 1.82) is 0 Å². The highest BCUT2D eigenvalue weighted by Crippen LogP contribution is 2.28. The maximum atomic E-state index is 12.4. The van der Waals surface area contributed by atoms with Gasteiger partial charge >= 0.3 is 6.18 Å². The summed E-state index contributed by atoms with van der Waals surface area (Å²) in [6, 6.07) is 3.83. The van der Waals surface area contributed by atoms with E-state index in [1.807, 2.05) is 0 Å². The molecule has 0 aliphatic heterocycles. The Morgan fingerprint density at radius 3 is 2.62 bits per heavy atom. The number of amides is 1. The van der Waals surface area contributed by atoms with Gasteiger partial charge in [-0.3, -0.25) is 4.79 Å². The molecule has 1 aromatic carbocycles. The number of aliphatic hydroxyl groups is 1. The minimum atomic E-state index is -4.52. The molecule has 116 valence electrons. The van der Waals surface area contributed by atoms with Crippen LogP contribution in [0.5, 0.6) is 0 Å². The number of nitrogens with zero attached hydrogens (tertiary/aromatic N) is 1. The summed E-state index contributed by atoms with van der Waals surface area (Å²) in [4.78, 5) is 15.1. The first-order valence-electron chi connectivity index (χ1n) is 6.07. The third-order valence-electron chi connectivity index (χ3n) is 2.53. The van der Waals surface area contributed by atoms with Crippen LogP contribution in [0.3, 0.4) is 0 Å². The van der Waals surface area contributed by atoms with Crippen LogP contribution in [0.15, 0.2) is 23.2 Å². The summed E-state index contributed by atoms with van der Waals surface area (Å²) in [7, 11) is 0. The topological polar surface area (TPSA) is 61.7 Å². The van der Waals surface area contributed by atoms with E-state index in [1.54, 1.807) is 0 Å². The maximum Gasteiger partial charge on any atom is 0.429 e. The van der Waals surface area contributed by atoms with Gasteiger partial charge in [-0.05, 0) is 31.5 Å². The zero-order valence-corrected chi connectivity index (χ0v) is 11.9. The van der Waals surface area contributed by atoms with Crippen molar-refractivity contribution in [3.63, 3.8) is 0 Å². The fourth-order valence-corrected chi connectivity index (χ4v) is 1.59. The highest BCUT2D eigenvalue weighted by molar-refractivity contribution is 6.33. The number of hydrogen-bond donors (Lipinski definition) is 2. The van der Waals surface area contributed by atoms with Crippen LogP contribution < -0.4 is 5.32 Å². The summed E-state index contributed by atoms with van der Waals surface area (Å²) >= 11 is 5.83. The lowest BCUT2D eigenvalue weighted by Crippen LogP contribution is -2.24. The van der Waals surface area contributed by atoms with Crippen molar-refractivity contribution < 1.29 is 23.1 Å². The van der Waals surface area contributed by atoms with Gasteiger partial charge in [-0.25, -0.2) is 4.99 Å². The monoisotopic (exact) mass is 322 g/mol. The normalized spacial score (nSPS) is 12.4. The molecule has 8 heteroatoms. The van der Waals surface area contributed by atoms with E-state index in [-0.39, 0.29) is 22.9 Å². The van der Waals surface area contributed by atoms with Gasteiger partial charge in [0.15, 0.2) is 0 Å². The van der Waals surface area contributed by atoms with E-state index in [0.29, 0.717) is 13.0 Å². The first kappa shape index (κ1) is 17.5. The Labute approximate surface area is 124 Å². The molecule has 0 aliphatic carbocycles. The molecule has 0 fully saturated rings. The second kappa shape index (κ2) is 7.42. The number of carbonyl (C=O) groups is 1. The SMILES string of the molecule is C/C(=N\c1ccc(C(=O)NCCCO)cc1Cl)C(F)(F)F. The molecule has 0 saturated heterocycles. The number of nitrogens with one attached hydrogen (secondary N) is 1. The molecule has 2 N–H and O–H groups in total. The molecule has 1 aromatic rings. The number of carbonyl (C=O) groups excluding carboxylic acids is 1. The largest absolute Gasteiger partial charge is 0.429 e. The summed E-state index contributed by atoms with van der Waals surface area (Å²) in [5.41, 5.74) is -0.871. The van der Waals surface area contributed by atoms with Crippen LogP contribution in [0.25, 0.3) is 0 Å². The van der Waals surface area contributed by atoms with Gasteiger partial charge < -0.3 is 10.4 Å². The summed E-state index contributed by atoms with van der Waals surface area (Å²) < 4.78 is 37.2. The second-order valence-electron chi connectivity index (χ2n) is 4.19. The number of benzene rings is 1. The van der Waals surface area contributed by atoms with E-state index in [2.05, 4.69) is 10.3 Å². The number of halogens is 4. The number of alkyl halides is 3. The third kappa shape index (κ3) is 5.35. The van der Waals surface area contributed by atoms with Crippen molar-refractivity contribution in [2.24, 2.45) is 4.99 Å². The summed E-state index contributed by atoms with van der Waals surface area (Å²) in [5.74, 6) is -0.423. The lowest BCUT2D eigenvalue weighted by Gasteiger charge is -2.08. The van der Waals surface area contributed by atoms with E-state index >= 15 is 0 Å². The maximum absolute atomic E-state index is 12.4. The van der Waals surface area contributed by atoms with Gasteiger partial charge in [0.05, 0.1) is 10.7 Å². The lowest BCUT2D eigenvalue weighted by atomic mass is 10.2. The molecule has 0 unspecified atom stereocenters. The van der Waals surface area contributed by atoms with Crippen molar-refractivity contribution in [3.8, 4) is 0 Å². The Kier molecular flexibility index (Phi) is 6.17. The minimum Gasteiger partial charge on any atom is -0.396 e. The molecular formula is C13H14ClF3N2O2. The fraction of sp³-hybridized carbons (Fsp3) is 0.385. The van der Waals surface area contributed by atoms with Gasteiger partial charge in [0.1, 0.15) is 5.71 Å². The van der Waals surface area contributed by atoms with Gasteiger partial charge in [-0.1, -0.05) is 11.6 Å². The molecule has 0 spiro atoms. The summed E-state index contributed by atoms with van der Waals surface area (Å²) in [6.07, 6.45) is -4.11. The quantitative estimate of drug-likeness (QED) is 0.646. The molecule has 0 bridgehead atoms. The molecule has 0 atom stereocenters. The van der Waals surface area contributed by atoms with Crippen LogP contribution in [0.4, 0.5) is 18.9 Å². The zero-order chi connectivity index (χ0) is 16.0.